The third kappa shape index (κ3) is 1.02. The summed E-state index contributed by atoms with van der Waals surface area (Å²) in [6.45, 7) is 1.49. The van der Waals surface area contributed by atoms with Crippen molar-refractivity contribution >= 4 is 5.97 Å². The van der Waals surface area contributed by atoms with Gasteiger partial charge in [0, 0.05) is 6.92 Å². The van der Waals surface area contributed by atoms with Gasteiger partial charge in [0.2, 0.25) is 0 Å². The van der Waals surface area contributed by atoms with Crippen LogP contribution in [0.25, 0.3) is 0 Å². The van der Waals surface area contributed by atoms with Crippen molar-refractivity contribution in [3.05, 3.63) is 0 Å². The van der Waals surface area contributed by atoms with Crippen LogP contribution in [0.1, 0.15) is 26.2 Å². The van der Waals surface area contributed by atoms with E-state index in [1.165, 1.54) is 13.3 Å². The van der Waals surface area contributed by atoms with Crippen LogP contribution in [0.15, 0.2) is 0 Å². The Balaban J connectivity index is 1.80. The maximum atomic E-state index is 10.5. The molecule has 10 heavy (non-hydrogen) atoms. The predicted octanol–water partition coefficient (Wildman–Crippen LogP) is 1.35. The zero-order chi connectivity index (χ0) is 7.14. The molecule has 2 saturated carbocycles. The average Bonchev–Trinajstić information content (AvgIpc) is 2.39. The lowest BCUT2D eigenvalue weighted by Crippen LogP contribution is -2.13. The summed E-state index contributed by atoms with van der Waals surface area (Å²) in [5.74, 6) is 1.69. The van der Waals surface area contributed by atoms with Crippen LogP contribution in [-0.2, 0) is 9.53 Å². The Hall–Kier alpha value is -0.530. The van der Waals surface area contributed by atoms with Crippen molar-refractivity contribution in [1.29, 1.82) is 0 Å². The largest absolute Gasteiger partial charge is 0.463 e. The van der Waals surface area contributed by atoms with Crippen molar-refractivity contribution in [3.63, 3.8) is 0 Å². The number of carbonyl (C=O) groups is 1. The SMILES string of the molecule is CC(=O)OC1CC2CC2C1. The summed E-state index contributed by atoms with van der Waals surface area (Å²) in [5.41, 5.74) is 0. The Morgan fingerprint density at radius 2 is 1.90 bits per heavy atom. The van der Waals surface area contributed by atoms with Gasteiger partial charge in [-0.15, -0.1) is 0 Å². The van der Waals surface area contributed by atoms with E-state index in [9.17, 15) is 4.79 Å². The van der Waals surface area contributed by atoms with Gasteiger partial charge in [0.1, 0.15) is 6.10 Å². The van der Waals surface area contributed by atoms with Gasteiger partial charge < -0.3 is 4.74 Å². The molecular formula is C8H12O2. The molecule has 0 radical (unpaired) electrons. The molecule has 2 aliphatic rings. The zero-order valence-electron chi connectivity index (χ0n) is 6.17. The first-order valence-electron chi connectivity index (χ1n) is 3.93. The average molecular weight is 140 g/mol. The molecule has 0 aromatic carbocycles. The Labute approximate surface area is 60.6 Å². The molecule has 2 rings (SSSR count). The first-order chi connectivity index (χ1) is 4.75. The summed E-state index contributed by atoms with van der Waals surface area (Å²) in [6, 6.07) is 0. The molecule has 2 heteroatoms. The summed E-state index contributed by atoms with van der Waals surface area (Å²) in [6.07, 6.45) is 3.91. The minimum Gasteiger partial charge on any atom is -0.463 e. The van der Waals surface area contributed by atoms with Gasteiger partial charge in [0.15, 0.2) is 0 Å². The molecular weight excluding hydrogens is 128 g/mol. The number of rotatable bonds is 1. The van der Waals surface area contributed by atoms with Crippen LogP contribution < -0.4 is 0 Å². The van der Waals surface area contributed by atoms with Crippen molar-refractivity contribution in [2.75, 3.05) is 0 Å². The number of hydrogen-bond acceptors (Lipinski definition) is 2. The maximum Gasteiger partial charge on any atom is 0.302 e. The van der Waals surface area contributed by atoms with Crippen LogP contribution in [-0.4, -0.2) is 12.1 Å². The van der Waals surface area contributed by atoms with Crippen LogP contribution in [0, 0.1) is 11.8 Å². The lowest BCUT2D eigenvalue weighted by Gasteiger charge is -2.10. The zero-order valence-corrected chi connectivity index (χ0v) is 6.17. The molecule has 0 bridgehead atoms. The fourth-order valence-corrected chi connectivity index (χ4v) is 1.99. The van der Waals surface area contributed by atoms with Gasteiger partial charge in [0.25, 0.3) is 0 Å². The van der Waals surface area contributed by atoms with Crippen LogP contribution in [0.5, 0.6) is 0 Å². The van der Waals surface area contributed by atoms with E-state index in [2.05, 4.69) is 0 Å². The Morgan fingerprint density at radius 1 is 1.30 bits per heavy atom. The third-order valence-corrected chi connectivity index (χ3v) is 2.53. The lowest BCUT2D eigenvalue weighted by atomic mass is 10.2. The Bertz CT molecular complexity index is 155. The second-order valence-electron chi connectivity index (χ2n) is 3.46. The summed E-state index contributed by atoms with van der Waals surface area (Å²) in [7, 11) is 0. The van der Waals surface area contributed by atoms with Gasteiger partial charge in [-0.05, 0) is 31.1 Å². The number of esters is 1. The fourth-order valence-electron chi connectivity index (χ4n) is 1.99. The number of hydrogen-bond donors (Lipinski definition) is 0. The van der Waals surface area contributed by atoms with Crippen molar-refractivity contribution in [2.24, 2.45) is 11.8 Å². The molecule has 0 aromatic heterocycles. The molecule has 0 heterocycles. The van der Waals surface area contributed by atoms with E-state index in [4.69, 9.17) is 4.74 Å². The molecule has 2 unspecified atom stereocenters. The minimum absolute atomic E-state index is 0.119. The smallest absolute Gasteiger partial charge is 0.302 e. The summed E-state index contributed by atoms with van der Waals surface area (Å²) in [4.78, 5) is 10.5. The molecule has 0 aliphatic heterocycles. The molecule has 0 spiro atoms. The van der Waals surface area contributed by atoms with E-state index in [-0.39, 0.29) is 12.1 Å². The van der Waals surface area contributed by atoms with E-state index in [0.29, 0.717) is 0 Å². The van der Waals surface area contributed by atoms with Crippen molar-refractivity contribution in [1.82, 2.24) is 0 Å². The molecule has 0 N–H and O–H groups in total. The highest BCUT2D eigenvalue weighted by atomic mass is 16.5. The van der Waals surface area contributed by atoms with Crippen LogP contribution in [0.4, 0.5) is 0 Å². The second-order valence-corrected chi connectivity index (χ2v) is 3.46. The van der Waals surface area contributed by atoms with E-state index >= 15 is 0 Å². The van der Waals surface area contributed by atoms with Gasteiger partial charge >= 0.3 is 5.97 Å². The van der Waals surface area contributed by atoms with E-state index in [1.807, 2.05) is 0 Å². The molecule has 0 aromatic rings. The van der Waals surface area contributed by atoms with Gasteiger partial charge in [-0.3, -0.25) is 4.79 Å². The van der Waals surface area contributed by atoms with Crippen LogP contribution in [0.2, 0.25) is 0 Å². The molecule has 0 saturated heterocycles. The highest BCUT2D eigenvalue weighted by Crippen LogP contribution is 2.52. The number of fused-ring (bicyclic) bond motifs is 1. The summed E-state index contributed by atoms with van der Waals surface area (Å²) in [5, 5.41) is 0. The molecule has 0 amide bonds. The quantitative estimate of drug-likeness (QED) is 0.514. The first-order valence-corrected chi connectivity index (χ1v) is 3.93. The van der Waals surface area contributed by atoms with Gasteiger partial charge in [-0.2, -0.15) is 0 Å². The highest BCUT2D eigenvalue weighted by molar-refractivity contribution is 5.66. The predicted molar refractivity (Wildman–Crippen MR) is 36.4 cm³/mol. The van der Waals surface area contributed by atoms with E-state index in [1.54, 1.807) is 0 Å². The summed E-state index contributed by atoms with van der Waals surface area (Å²) < 4.78 is 5.07. The Morgan fingerprint density at radius 3 is 2.40 bits per heavy atom. The van der Waals surface area contributed by atoms with E-state index in [0.717, 1.165) is 24.7 Å². The fraction of sp³-hybridized carbons (Fsp3) is 0.875. The topological polar surface area (TPSA) is 26.3 Å². The number of carbonyl (C=O) groups excluding carboxylic acids is 1. The van der Waals surface area contributed by atoms with E-state index < -0.39 is 0 Å². The van der Waals surface area contributed by atoms with Crippen molar-refractivity contribution < 1.29 is 9.53 Å². The Kier molecular flexibility index (Phi) is 1.22. The maximum absolute atomic E-state index is 10.5. The molecule has 2 nitrogen and oxygen atoms in total. The van der Waals surface area contributed by atoms with Crippen molar-refractivity contribution in [3.8, 4) is 0 Å². The standard InChI is InChI=1S/C8H12O2/c1-5(9)10-8-3-6-2-7(6)4-8/h6-8H,2-4H2,1H3. The van der Waals surface area contributed by atoms with Gasteiger partial charge in [-0.1, -0.05) is 0 Å². The molecule has 2 atom stereocenters. The molecule has 56 valence electrons. The number of ether oxygens (including phenoxy) is 1. The first kappa shape index (κ1) is 6.20. The minimum atomic E-state index is -0.119. The monoisotopic (exact) mass is 140 g/mol. The highest BCUT2D eigenvalue weighted by Gasteiger charge is 2.46. The van der Waals surface area contributed by atoms with Gasteiger partial charge in [0.05, 0.1) is 0 Å². The normalized spacial score (nSPS) is 42.7. The second kappa shape index (κ2) is 1.97. The van der Waals surface area contributed by atoms with Crippen molar-refractivity contribution in [2.45, 2.75) is 32.3 Å². The van der Waals surface area contributed by atoms with Gasteiger partial charge in [-0.25, -0.2) is 0 Å². The lowest BCUT2D eigenvalue weighted by molar-refractivity contribution is -0.146. The molecule has 2 aliphatic carbocycles. The van der Waals surface area contributed by atoms with Crippen LogP contribution >= 0.6 is 0 Å². The van der Waals surface area contributed by atoms with Crippen LogP contribution in [0.3, 0.4) is 0 Å². The summed E-state index contributed by atoms with van der Waals surface area (Å²) >= 11 is 0. The molecule has 2 fully saturated rings. The third-order valence-electron chi connectivity index (χ3n) is 2.53.